The smallest absolute Gasteiger partial charge is 0.0922 e. The third kappa shape index (κ3) is 1.74. The minimum Gasteiger partial charge on any atom is -0.369 e. The molecule has 3 heteroatoms. The quantitative estimate of drug-likeness (QED) is 0.904. The van der Waals surface area contributed by atoms with Gasteiger partial charge in [0.05, 0.1) is 12.1 Å². The predicted molar refractivity (Wildman–Crippen MR) is 79.4 cm³/mol. The molecule has 1 N–H and O–H groups in total. The minimum absolute atomic E-state index is 0.0723. The fourth-order valence-electron chi connectivity index (χ4n) is 3.46. The Bertz CT molecular complexity index is 586. The lowest BCUT2D eigenvalue weighted by Gasteiger charge is -2.28. The second-order valence-corrected chi connectivity index (χ2v) is 5.66. The molecular weight excluding hydrogens is 248 g/mol. The van der Waals surface area contributed by atoms with Gasteiger partial charge in [-0.05, 0) is 17.7 Å². The van der Waals surface area contributed by atoms with Crippen LogP contribution < -0.4 is 10.4 Å². The van der Waals surface area contributed by atoms with E-state index in [1.54, 1.807) is 0 Å². The molecule has 2 aliphatic heterocycles. The highest BCUT2D eigenvalue weighted by molar-refractivity contribution is 5.50. The van der Waals surface area contributed by atoms with Crippen molar-refractivity contribution in [1.29, 1.82) is 0 Å². The van der Waals surface area contributed by atoms with E-state index < -0.39 is 0 Å². The molecular formula is C17H18N2O. The van der Waals surface area contributed by atoms with Crippen molar-refractivity contribution in [3.05, 3.63) is 66.2 Å². The largest absolute Gasteiger partial charge is 0.369 e. The summed E-state index contributed by atoms with van der Waals surface area (Å²) in [7, 11) is 0. The normalized spacial score (nSPS) is 28.6. The summed E-state index contributed by atoms with van der Waals surface area (Å²) in [5, 5.41) is 0. The Morgan fingerprint density at radius 2 is 1.70 bits per heavy atom. The van der Waals surface area contributed by atoms with E-state index in [1.807, 2.05) is 0 Å². The van der Waals surface area contributed by atoms with Crippen molar-refractivity contribution in [3.8, 4) is 0 Å². The van der Waals surface area contributed by atoms with Crippen molar-refractivity contribution >= 4 is 5.69 Å². The van der Waals surface area contributed by atoms with E-state index in [0.29, 0.717) is 5.92 Å². The SMILES string of the molecule is c1ccc(N2C[C@H]3CON[C@@]3(c3ccccc3)C2)cc1. The van der Waals surface area contributed by atoms with Crippen molar-refractivity contribution in [1.82, 2.24) is 5.48 Å². The summed E-state index contributed by atoms with van der Waals surface area (Å²) in [5.41, 5.74) is 5.85. The molecule has 20 heavy (non-hydrogen) atoms. The molecule has 0 bridgehead atoms. The standard InChI is InChI=1S/C17H18N2O/c1-3-7-14(8-4-1)17-13-19(11-15(17)12-20-18-17)16-9-5-2-6-10-16/h1-10,15,18H,11-13H2/t15-,17+/m0/s1. The molecule has 3 nitrogen and oxygen atoms in total. The number of nitrogens with one attached hydrogen (secondary N) is 1. The van der Waals surface area contributed by atoms with Crippen LogP contribution in [0.1, 0.15) is 5.56 Å². The van der Waals surface area contributed by atoms with Crippen molar-refractivity contribution in [2.75, 3.05) is 24.6 Å². The first-order chi connectivity index (χ1) is 9.88. The first-order valence-electron chi connectivity index (χ1n) is 7.13. The molecule has 2 atom stereocenters. The van der Waals surface area contributed by atoms with E-state index >= 15 is 0 Å². The molecule has 0 unspecified atom stereocenters. The highest BCUT2D eigenvalue weighted by Crippen LogP contribution is 2.42. The van der Waals surface area contributed by atoms with E-state index in [2.05, 4.69) is 71.0 Å². The van der Waals surface area contributed by atoms with Crippen LogP contribution in [0.2, 0.25) is 0 Å². The summed E-state index contributed by atoms with van der Waals surface area (Å²) in [6.07, 6.45) is 0. The summed E-state index contributed by atoms with van der Waals surface area (Å²) in [5.74, 6) is 0.491. The van der Waals surface area contributed by atoms with Crippen LogP contribution in [0.5, 0.6) is 0 Å². The molecule has 2 aromatic rings. The van der Waals surface area contributed by atoms with Gasteiger partial charge < -0.3 is 9.74 Å². The Morgan fingerprint density at radius 3 is 2.45 bits per heavy atom. The molecule has 0 saturated carbocycles. The van der Waals surface area contributed by atoms with Crippen molar-refractivity contribution in [3.63, 3.8) is 0 Å². The van der Waals surface area contributed by atoms with Crippen LogP contribution in [0.4, 0.5) is 5.69 Å². The maximum atomic E-state index is 5.58. The number of rotatable bonds is 2. The van der Waals surface area contributed by atoms with Gasteiger partial charge in [0.25, 0.3) is 0 Å². The summed E-state index contributed by atoms with van der Waals surface area (Å²) in [4.78, 5) is 8.03. The Morgan fingerprint density at radius 1 is 1.00 bits per heavy atom. The predicted octanol–water partition coefficient (Wildman–Crippen LogP) is 2.55. The fourth-order valence-corrected chi connectivity index (χ4v) is 3.46. The molecule has 0 spiro atoms. The van der Waals surface area contributed by atoms with Gasteiger partial charge in [0.15, 0.2) is 0 Å². The molecule has 2 aromatic carbocycles. The van der Waals surface area contributed by atoms with Gasteiger partial charge in [-0.25, -0.2) is 0 Å². The lowest BCUT2D eigenvalue weighted by atomic mass is 9.83. The van der Waals surface area contributed by atoms with E-state index in [1.165, 1.54) is 11.3 Å². The zero-order valence-corrected chi connectivity index (χ0v) is 11.3. The van der Waals surface area contributed by atoms with Crippen molar-refractivity contribution in [2.45, 2.75) is 5.54 Å². The third-order valence-electron chi connectivity index (χ3n) is 4.53. The molecule has 0 aliphatic carbocycles. The van der Waals surface area contributed by atoms with E-state index in [0.717, 1.165) is 19.7 Å². The van der Waals surface area contributed by atoms with Gasteiger partial charge in [0.2, 0.25) is 0 Å². The van der Waals surface area contributed by atoms with Gasteiger partial charge in [0.1, 0.15) is 0 Å². The highest BCUT2D eigenvalue weighted by atomic mass is 16.7. The van der Waals surface area contributed by atoms with Gasteiger partial charge in [-0.15, -0.1) is 0 Å². The number of benzene rings is 2. The van der Waals surface area contributed by atoms with Crippen molar-refractivity contribution in [2.24, 2.45) is 5.92 Å². The number of nitrogens with zero attached hydrogens (tertiary/aromatic N) is 1. The summed E-state index contributed by atoms with van der Waals surface area (Å²) in [6, 6.07) is 21.3. The summed E-state index contributed by atoms with van der Waals surface area (Å²) in [6.45, 7) is 2.76. The van der Waals surface area contributed by atoms with Crippen LogP contribution in [0.15, 0.2) is 60.7 Å². The Kier molecular flexibility index (Phi) is 2.76. The number of hydroxylamine groups is 1. The van der Waals surface area contributed by atoms with E-state index in [-0.39, 0.29) is 5.54 Å². The first kappa shape index (κ1) is 11.9. The van der Waals surface area contributed by atoms with Crippen LogP contribution in [0, 0.1) is 5.92 Å². The average Bonchev–Trinajstić information content (AvgIpc) is 3.07. The first-order valence-corrected chi connectivity index (χ1v) is 7.13. The summed E-state index contributed by atoms with van der Waals surface area (Å²) < 4.78 is 0. The van der Waals surface area contributed by atoms with E-state index in [9.17, 15) is 0 Å². The van der Waals surface area contributed by atoms with Crippen LogP contribution in [-0.4, -0.2) is 19.7 Å². The van der Waals surface area contributed by atoms with Gasteiger partial charge in [-0.2, -0.15) is 5.48 Å². The van der Waals surface area contributed by atoms with Gasteiger partial charge in [0, 0.05) is 24.7 Å². The van der Waals surface area contributed by atoms with Crippen LogP contribution in [0.3, 0.4) is 0 Å². The van der Waals surface area contributed by atoms with Crippen LogP contribution >= 0.6 is 0 Å². The number of fused-ring (bicyclic) bond motifs is 1. The minimum atomic E-state index is -0.0723. The second kappa shape index (κ2) is 4.62. The van der Waals surface area contributed by atoms with Gasteiger partial charge in [-0.1, -0.05) is 48.5 Å². The number of anilines is 1. The lowest BCUT2D eigenvalue weighted by molar-refractivity contribution is 0.0617. The monoisotopic (exact) mass is 266 g/mol. The molecule has 2 fully saturated rings. The van der Waals surface area contributed by atoms with Gasteiger partial charge in [-0.3, -0.25) is 0 Å². The van der Waals surface area contributed by atoms with Gasteiger partial charge >= 0.3 is 0 Å². The topological polar surface area (TPSA) is 24.5 Å². The molecule has 0 amide bonds. The second-order valence-electron chi connectivity index (χ2n) is 5.66. The van der Waals surface area contributed by atoms with Crippen LogP contribution in [-0.2, 0) is 10.4 Å². The van der Waals surface area contributed by atoms with E-state index in [4.69, 9.17) is 4.84 Å². The zero-order valence-electron chi connectivity index (χ0n) is 11.3. The van der Waals surface area contributed by atoms with Crippen LogP contribution in [0.25, 0.3) is 0 Å². The Balaban J connectivity index is 1.70. The third-order valence-corrected chi connectivity index (χ3v) is 4.53. The molecule has 0 aromatic heterocycles. The zero-order chi connectivity index (χ0) is 13.4. The molecule has 2 aliphatic rings. The number of hydrogen-bond acceptors (Lipinski definition) is 3. The molecule has 2 saturated heterocycles. The summed E-state index contributed by atoms with van der Waals surface area (Å²) >= 11 is 0. The van der Waals surface area contributed by atoms with Crippen molar-refractivity contribution < 1.29 is 4.84 Å². The molecule has 2 heterocycles. The molecule has 0 radical (unpaired) electrons. The molecule has 4 rings (SSSR count). The number of hydrogen-bond donors (Lipinski definition) is 1. The maximum absolute atomic E-state index is 5.58. The molecule has 102 valence electrons. The fraction of sp³-hybridized carbons (Fsp3) is 0.294. The Hall–Kier alpha value is -1.84. The lowest BCUT2D eigenvalue weighted by Crippen LogP contribution is -2.43. The number of para-hydroxylation sites is 1. The maximum Gasteiger partial charge on any atom is 0.0922 e. The Labute approximate surface area is 119 Å². The average molecular weight is 266 g/mol. The highest BCUT2D eigenvalue weighted by Gasteiger charge is 2.52.